The lowest BCUT2D eigenvalue weighted by molar-refractivity contribution is -0.138. The van der Waals surface area contributed by atoms with Crippen LogP contribution >= 0.6 is 23.2 Å². The predicted molar refractivity (Wildman–Crippen MR) is 104 cm³/mol. The summed E-state index contributed by atoms with van der Waals surface area (Å²) in [6.45, 7) is 0.597. The smallest absolute Gasteiger partial charge is 0.416 e. The fourth-order valence-electron chi connectivity index (χ4n) is 4.07. The predicted octanol–water partition coefficient (Wildman–Crippen LogP) is 6.12. The molecule has 0 amide bonds. The van der Waals surface area contributed by atoms with Crippen LogP contribution in [0.25, 0.3) is 0 Å². The van der Waals surface area contributed by atoms with Gasteiger partial charge in [0, 0.05) is 40.7 Å². The molecule has 0 saturated carbocycles. The van der Waals surface area contributed by atoms with Crippen LogP contribution in [0.1, 0.15) is 25.7 Å². The van der Waals surface area contributed by atoms with E-state index in [-0.39, 0.29) is 30.7 Å². The van der Waals surface area contributed by atoms with Crippen LogP contribution in [0.3, 0.4) is 0 Å². The van der Waals surface area contributed by atoms with Crippen molar-refractivity contribution in [3.63, 3.8) is 0 Å². The van der Waals surface area contributed by atoms with Crippen molar-refractivity contribution in [2.24, 2.45) is 11.8 Å². The SMILES string of the molecule is O=C(O)C[C@H]1CCN(c2cc(Cl)cc(Cl)c2)[C@@H](C2C=CC(C(F)(F)F)=CC2)C1. The van der Waals surface area contributed by atoms with Gasteiger partial charge in [-0.25, -0.2) is 0 Å². The fourth-order valence-corrected chi connectivity index (χ4v) is 4.59. The molecule has 0 radical (unpaired) electrons. The van der Waals surface area contributed by atoms with Crippen LogP contribution in [0.2, 0.25) is 10.0 Å². The van der Waals surface area contributed by atoms with Crippen molar-refractivity contribution < 1.29 is 23.1 Å². The Morgan fingerprint density at radius 2 is 1.89 bits per heavy atom. The van der Waals surface area contributed by atoms with E-state index in [1.165, 1.54) is 6.08 Å². The van der Waals surface area contributed by atoms with Crippen LogP contribution in [0.4, 0.5) is 18.9 Å². The zero-order valence-electron chi connectivity index (χ0n) is 14.9. The van der Waals surface area contributed by atoms with Crippen LogP contribution < -0.4 is 4.90 Å². The molecule has 1 aliphatic carbocycles. The van der Waals surface area contributed by atoms with Gasteiger partial charge in [-0.3, -0.25) is 4.79 Å². The maximum absolute atomic E-state index is 12.9. The number of hydrogen-bond donors (Lipinski definition) is 1. The Labute approximate surface area is 171 Å². The molecule has 3 atom stereocenters. The van der Waals surface area contributed by atoms with Crippen molar-refractivity contribution in [1.82, 2.24) is 0 Å². The largest absolute Gasteiger partial charge is 0.481 e. The number of allylic oxidation sites excluding steroid dienone is 3. The summed E-state index contributed by atoms with van der Waals surface area (Å²) in [5.74, 6) is -1.03. The minimum absolute atomic E-state index is 0.0187. The number of piperidine rings is 1. The summed E-state index contributed by atoms with van der Waals surface area (Å²) < 4.78 is 38.8. The number of alkyl halides is 3. The zero-order chi connectivity index (χ0) is 20.5. The van der Waals surface area contributed by atoms with Gasteiger partial charge in [-0.1, -0.05) is 41.4 Å². The van der Waals surface area contributed by atoms with Gasteiger partial charge in [0.2, 0.25) is 0 Å². The molecule has 1 saturated heterocycles. The first-order chi connectivity index (χ1) is 13.1. The van der Waals surface area contributed by atoms with Gasteiger partial charge < -0.3 is 10.0 Å². The maximum atomic E-state index is 12.9. The molecule has 2 aliphatic rings. The number of hydrogen-bond acceptors (Lipinski definition) is 2. The highest BCUT2D eigenvalue weighted by atomic mass is 35.5. The molecule has 1 heterocycles. The minimum atomic E-state index is -4.36. The Kier molecular flexibility index (Phi) is 6.30. The number of halogens is 5. The van der Waals surface area contributed by atoms with Crippen molar-refractivity contribution in [2.75, 3.05) is 11.4 Å². The lowest BCUT2D eigenvalue weighted by atomic mass is 9.79. The highest BCUT2D eigenvalue weighted by Gasteiger charge is 2.37. The van der Waals surface area contributed by atoms with Crippen LogP contribution in [0.15, 0.2) is 42.0 Å². The Balaban J connectivity index is 1.86. The molecule has 1 unspecified atom stereocenters. The summed E-state index contributed by atoms with van der Waals surface area (Å²) in [6, 6.07) is 5.05. The number of benzene rings is 1. The van der Waals surface area contributed by atoms with E-state index in [4.69, 9.17) is 28.3 Å². The maximum Gasteiger partial charge on any atom is 0.416 e. The van der Waals surface area contributed by atoms with Crippen LogP contribution in [0, 0.1) is 11.8 Å². The lowest BCUT2D eigenvalue weighted by Crippen LogP contribution is -2.47. The Morgan fingerprint density at radius 1 is 1.21 bits per heavy atom. The van der Waals surface area contributed by atoms with Crippen molar-refractivity contribution in [1.29, 1.82) is 0 Å². The average molecular weight is 434 g/mol. The summed E-state index contributed by atoms with van der Waals surface area (Å²) in [4.78, 5) is 13.2. The number of carbonyl (C=O) groups is 1. The molecular formula is C20H20Cl2F3NO2. The molecule has 1 fully saturated rings. The molecular weight excluding hydrogens is 414 g/mol. The average Bonchev–Trinajstić information content (AvgIpc) is 2.59. The summed E-state index contributed by atoms with van der Waals surface area (Å²) in [5.41, 5.74) is 0.161. The van der Waals surface area contributed by atoms with Crippen molar-refractivity contribution in [3.05, 3.63) is 52.0 Å². The van der Waals surface area contributed by atoms with E-state index >= 15 is 0 Å². The van der Waals surface area contributed by atoms with Gasteiger partial charge in [-0.05, 0) is 43.4 Å². The monoisotopic (exact) mass is 433 g/mol. The van der Waals surface area contributed by atoms with E-state index in [1.807, 2.05) is 0 Å². The lowest BCUT2D eigenvalue weighted by Gasteiger charge is -2.44. The molecule has 1 aliphatic heterocycles. The summed E-state index contributed by atoms with van der Waals surface area (Å²) in [5, 5.41) is 10.1. The van der Waals surface area contributed by atoms with E-state index in [0.29, 0.717) is 29.4 Å². The minimum Gasteiger partial charge on any atom is -0.481 e. The topological polar surface area (TPSA) is 40.5 Å². The molecule has 0 bridgehead atoms. The second-order valence-corrected chi connectivity index (χ2v) is 8.17. The van der Waals surface area contributed by atoms with Gasteiger partial charge >= 0.3 is 12.1 Å². The molecule has 0 spiro atoms. The zero-order valence-corrected chi connectivity index (χ0v) is 16.4. The first-order valence-electron chi connectivity index (χ1n) is 9.03. The van der Waals surface area contributed by atoms with Gasteiger partial charge in [0.15, 0.2) is 0 Å². The van der Waals surface area contributed by atoms with E-state index in [1.54, 1.807) is 24.3 Å². The third-order valence-corrected chi connectivity index (χ3v) is 5.79. The van der Waals surface area contributed by atoms with Gasteiger partial charge in [0.05, 0.1) is 5.57 Å². The Bertz CT molecular complexity index is 787. The molecule has 1 N–H and O–H groups in total. The number of carboxylic acids is 1. The fraction of sp³-hybridized carbons (Fsp3) is 0.450. The van der Waals surface area contributed by atoms with E-state index in [9.17, 15) is 18.0 Å². The standard InChI is InChI=1S/C20H20Cl2F3NO2/c21-15-9-16(22)11-17(10-15)26-6-5-12(8-19(27)28)7-18(26)13-1-3-14(4-2-13)20(23,24)25/h1,3-4,9-13,18H,2,5-8H2,(H,27,28)/t12-,13?,18+/m0/s1. The van der Waals surface area contributed by atoms with E-state index < -0.39 is 17.7 Å². The first kappa shape index (κ1) is 21.1. The summed E-state index contributed by atoms with van der Waals surface area (Å²) >= 11 is 12.3. The highest BCUT2D eigenvalue weighted by molar-refractivity contribution is 6.35. The first-order valence-corrected chi connectivity index (χ1v) is 9.79. The Hall–Kier alpha value is -1.66. The molecule has 1 aromatic rings. The number of nitrogens with zero attached hydrogens (tertiary/aromatic N) is 1. The summed E-state index contributed by atoms with van der Waals surface area (Å²) in [7, 11) is 0. The van der Waals surface area contributed by atoms with Gasteiger partial charge in [-0.15, -0.1) is 0 Å². The second-order valence-electron chi connectivity index (χ2n) is 7.29. The summed E-state index contributed by atoms with van der Waals surface area (Å²) in [6.07, 6.45) is 1.15. The van der Waals surface area contributed by atoms with Crippen LogP contribution in [-0.2, 0) is 4.79 Å². The van der Waals surface area contributed by atoms with Crippen LogP contribution in [-0.4, -0.2) is 29.8 Å². The number of rotatable bonds is 4. The van der Waals surface area contributed by atoms with Crippen LogP contribution in [0.5, 0.6) is 0 Å². The van der Waals surface area contributed by atoms with E-state index in [2.05, 4.69) is 4.90 Å². The van der Waals surface area contributed by atoms with Crippen molar-refractivity contribution in [3.8, 4) is 0 Å². The van der Waals surface area contributed by atoms with Gasteiger partial charge in [0.25, 0.3) is 0 Å². The molecule has 3 rings (SSSR count). The highest BCUT2D eigenvalue weighted by Crippen LogP contribution is 2.39. The molecule has 8 heteroatoms. The van der Waals surface area contributed by atoms with Gasteiger partial charge in [-0.2, -0.15) is 13.2 Å². The van der Waals surface area contributed by atoms with Gasteiger partial charge in [0.1, 0.15) is 0 Å². The normalized spacial score (nSPS) is 25.5. The molecule has 1 aromatic carbocycles. The number of anilines is 1. The van der Waals surface area contributed by atoms with E-state index in [0.717, 1.165) is 11.8 Å². The molecule has 152 valence electrons. The van der Waals surface area contributed by atoms with Crippen molar-refractivity contribution in [2.45, 2.75) is 37.9 Å². The number of carboxylic acid groups (broad SMARTS) is 1. The quantitative estimate of drug-likeness (QED) is 0.621. The molecule has 28 heavy (non-hydrogen) atoms. The third-order valence-electron chi connectivity index (χ3n) is 5.35. The number of aliphatic carboxylic acids is 1. The molecule has 0 aromatic heterocycles. The molecule has 3 nitrogen and oxygen atoms in total. The Morgan fingerprint density at radius 3 is 2.43 bits per heavy atom. The third kappa shape index (κ3) is 5.03. The second kappa shape index (κ2) is 8.37. The van der Waals surface area contributed by atoms with Crippen molar-refractivity contribution >= 4 is 34.9 Å².